The Morgan fingerprint density at radius 2 is 2.03 bits per heavy atom. The maximum atomic E-state index is 13.7. The van der Waals surface area contributed by atoms with Crippen LogP contribution in [0.3, 0.4) is 0 Å². The third kappa shape index (κ3) is 4.74. The van der Waals surface area contributed by atoms with Crippen LogP contribution in [0.15, 0.2) is 30.6 Å². The molecule has 9 nitrogen and oxygen atoms in total. The van der Waals surface area contributed by atoms with Crippen LogP contribution in [0.2, 0.25) is 0 Å². The topological polar surface area (TPSA) is 110 Å². The first-order chi connectivity index (χ1) is 13.8. The lowest BCUT2D eigenvalue weighted by molar-refractivity contribution is -0.142. The Labute approximate surface area is 169 Å². The number of nitrogens with zero attached hydrogens (tertiary/aromatic N) is 2. The molecular formula is C17H17F3N4O5S. The average molecular weight is 446 g/mol. The number of aromatic nitrogens is 1. The third-order valence-electron chi connectivity index (χ3n) is 4.09. The average Bonchev–Trinajstić information content (AvgIpc) is 3.09. The predicted molar refractivity (Wildman–Crippen MR) is 98.9 cm³/mol. The van der Waals surface area contributed by atoms with Gasteiger partial charge in [-0.15, -0.1) is 4.83 Å². The van der Waals surface area contributed by atoms with Gasteiger partial charge in [0.1, 0.15) is 13.3 Å². The summed E-state index contributed by atoms with van der Waals surface area (Å²) < 4.78 is 69.8. The van der Waals surface area contributed by atoms with Gasteiger partial charge in [-0.05, 0) is 18.2 Å². The van der Waals surface area contributed by atoms with Crippen LogP contribution in [0, 0.1) is 0 Å². The quantitative estimate of drug-likeness (QED) is 0.679. The fourth-order valence-corrected chi connectivity index (χ4v) is 3.42. The molecule has 162 valence electrons. The van der Waals surface area contributed by atoms with Gasteiger partial charge in [0.2, 0.25) is 10.0 Å². The van der Waals surface area contributed by atoms with Crippen LogP contribution in [0.1, 0.15) is 28.4 Å². The second-order valence-corrected chi connectivity index (χ2v) is 8.28. The first kappa shape index (κ1) is 21.6. The van der Waals surface area contributed by atoms with Crippen molar-refractivity contribution < 1.29 is 35.9 Å². The number of fused-ring (bicyclic) bond motifs is 1. The molecular weight excluding hydrogens is 429 g/mol. The molecule has 0 spiro atoms. The Balaban J connectivity index is 2.05. The molecule has 0 unspecified atom stereocenters. The molecule has 1 aliphatic rings. The minimum atomic E-state index is -4.72. The minimum Gasteiger partial charge on any atom is -0.461 e. The number of ether oxygens (including phenoxy) is 1. The Kier molecular flexibility index (Phi) is 5.52. The number of hydrogen-bond acceptors (Lipinski definition) is 6. The van der Waals surface area contributed by atoms with Crippen LogP contribution in [-0.4, -0.2) is 42.8 Å². The van der Waals surface area contributed by atoms with E-state index in [0.29, 0.717) is 5.56 Å². The fourth-order valence-electron chi connectivity index (χ4n) is 2.87. The molecule has 0 saturated carbocycles. The van der Waals surface area contributed by atoms with Crippen molar-refractivity contribution in [2.75, 3.05) is 18.2 Å². The highest BCUT2D eigenvalue weighted by Crippen LogP contribution is 2.38. The number of halogens is 3. The van der Waals surface area contributed by atoms with Crippen molar-refractivity contribution in [3.8, 4) is 5.69 Å². The zero-order valence-electron chi connectivity index (χ0n) is 15.8. The summed E-state index contributed by atoms with van der Waals surface area (Å²) >= 11 is 0. The van der Waals surface area contributed by atoms with Crippen LogP contribution in [0.5, 0.6) is 0 Å². The van der Waals surface area contributed by atoms with Gasteiger partial charge in [-0.2, -0.15) is 13.2 Å². The van der Waals surface area contributed by atoms with Crippen LogP contribution in [0.25, 0.3) is 5.69 Å². The number of carbonyl (C=O) groups is 2. The monoisotopic (exact) mass is 446 g/mol. The number of alkyl halides is 3. The molecule has 0 radical (unpaired) electrons. The number of hydrogen-bond donors (Lipinski definition) is 2. The molecule has 0 aliphatic carbocycles. The zero-order chi connectivity index (χ0) is 22.3. The summed E-state index contributed by atoms with van der Waals surface area (Å²) in [5.74, 6) is -1.35. The molecule has 30 heavy (non-hydrogen) atoms. The van der Waals surface area contributed by atoms with Crippen molar-refractivity contribution in [2.24, 2.45) is 0 Å². The van der Waals surface area contributed by atoms with Crippen molar-refractivity contribution >= 4 is 27.6 Å². The van der Waals surface area contributed by atoms with E-state index in [4.69, 9.17) is 4.74 Å². The second kappa shape index (κ2) is 7.65. The van der Waals surface area contributed by atoms with Crippen molar-refractivity contribution in [1.82, 2.24) is 14.4 Å². The smallest absolute Gasteiger partial charge is 0.418 e. The zero-order valence-corrected chi connectivity index (χ0v) is 16.6. The summed E-state index contributed by atoms with van der Waals surface area (Å²) in [6.45, 7) is 0.740. The largest absolute Gasteiger partial charge is 0.461 e. The standard InChI is InChI=1S/C17H17F3N4O5S/c1-10(25)29-8-11-3-4-23(7-11)15-5-12-14(6-13(15)17(18,19)20)21-9-24(16(12)26)22-30(2,27)28/h3-7,21-22H,8-9H2,1-2H3. The number of amides is 1. The van der Waals surface area contributed by atoms with E-state index in [1.807, 2.05) is 4.83 Å². The normalized spacial score (nSPS) is 14.3. The van der Waals surface area contributed by atoms with E-state index in [2.05, 4.69) is 5.32 Å². The number of carbonyl (C=O) groups excluding carboxylic acids is 2. The molecule has 2 heterocycles. The van der Waals surface area contributed by atoms with Crippen LogP contribution < -0.4 is 10.1 Å². The highest BCUT2D eigenvalue weighted by atomic mass is 32.2. The van der Waals surface area contributed by atoms with E-state index in [0.717, 1.165) is 28.0 Å². The summed E-state index contributed by atoms with van der Waals surface area (Å²) in [4.78, 5) is 25.6. The van der Waals surface area contributed by atoms with Gasteiger partial charge >= 0.3 is 12.1 Å². The predicted octanol–water partition coefficient (Wildman–Crippen LogP) is 1.85. The van der Waals surface area contributed by atoms with E-state index in [1.165, 1.54) is 25.4 Å². The van der Waals surface area contributed by atoms with Crippen LogP contribution in [-0.2, 0) is 32.3 Å². The molecule has 1 aromatic heterocycles. The minimum absolute atomic E-state index is 0.0741. The molecule has 1 aromatic carbocycles. The molecule has 0 bridgehead atoms. The lowest BCUT2D eigenvalue weighted by atomic mass is 10.0. The summed E-state index contributed by atoms with van der Waals surface area (Å²) in [6.07, 6.45) is -1.20. The van der Waals surface area contributed by atoms with Gasteiger partial charge in [-0.25, -0.2) is 13.4 Å². The molecule has 2 aromatic rings. The van der Waals surface area contributed by atoms with Gasteiger partial charge in [0.25, 0.3) is 5.91 Å². The number of benzene rings is 1. The summed E-state index contributed by atoms with van der Waals surface area (Å²) in [5.41, 5.74) is -1.11. The van der Waals surface area contributed by atoms with E-state index >= 15 is 0 Å². The maximum absolute atomic E-state index is 13.7. The molecule has 3 rings (SSSR count). The van der Waals surface area contributed by atoms with E-state index < -0.39 is 33.6 Å². The van der Waals surface area contributed by atoms with E-state index in [1.54, 1.807) is 0 Å². The lowest BCUT2D eigenvalue weighted by Crippen LogP contribution is -2.50. The number of rotatable bonds is 5. The Morgan fingerprint density at radius 1 is 1.33 bits per heavy atom. The molecule has 1 aliphatic heterocycles. The number of nitrogens with one attached hydrogen (secondary N) is 2. The highest BCUT2D eigenvalue weighted by Gasteiger charge is 2.37. The van der Waals surface area contributed by atoms with Crippen molar-refractivity contribution in [3.63, 3.8) is 0 Å². The lowest BCUT2D eigenvalue weighted by Gasteiger charge is -2.30. The fraction of sp³-hybridized carbons (Fsp3) is 0.294. The maximum Gasteiger partial charge on any atom is 0.418 e. The summed E-state index contributed by atoms with van der Waals surface area (Å²) in [5, 5.41) is 3.35. The molecule has 13 heteroatoms. The third-order valence-corrected chi connectivity index (χ3v) is 4.65. The summed E-state index contributed by atoms with van der Waals surface area (Å²) in [7, 11) is -3.77. The van der Waals surface area contributed by atoms with Gasteiger partial charge in [0.15, 0.2) is 0 Å². The highest BCUT2D eigenvalue weighted by molar-refractivity contribution is 7.88. The van der Waals surface area contributed by atoms with Crippen LogP contribution >= 0.6 is 0 Å². The van der Waals surface area contributed by atoms with E-state index in [9.17, 15) is 31.2 Å². The van der Waals surface area contributed by atoms with E-state index in [-0.39, 0.29) is 30.2 Å². The SMILES string of the molecule is CC(=O)OCc1ccn(-c2cc3c(cc2C(F)(F)F)NCN(NS(C)(=O)=O)C3=O)c1. The molecule has 2 N–H and O–H groups in total. The number of sulfonamides is 1. The number of anilines is 1. The molecule has 0 fully saturated rings. The Bertz CT molecular complexity index is 1110. The Morgan fingerprint density at radius 3 is 2.63 bits per heavy atom. The van der Waals surface area contributed by atoms with Gasteiger partial charge in [0, 0.05) is 30.6 Å². The Hall–Kier alpha value is -3.06. The molecule has 0 atom stereocenters. The van der Waals surface area contributed by atoms with Crippen molar-refractivity contribution in [3.05, 3.63) is 47.3 Å². The van der Waals surface area contributed by atoms with Crippen LogP contribution in [0.4, 0.5) is 18.9 Å². The van der Waals surface area contributed by atoms with Gasteiger partial charge in [-0.1, -0.05) is 0 Å². The van der Waals surface area contributed by atoms with Crippen molar-refractivity contribution in [1.29, 1.82) is 0 Å². The first-order valence-corrected chi connectivity index (χ1v) is 10.3. The van der Waals surface area contributed by atoms with Gasteiger partial charge < -0.3 is 14.6 Å². The number of hydrazine groups is 1. The first-order valence-electron chi connectivity index (χ1n) is 8.44. The summed E-state index contributed by atoms with van der Waals surface area (Å²) in [6, 6.07) is 3.30. The van der Waals surface area contributed by atoms with Crippen molar-refractivity contribution in [2.45, 2.75) is 19.7 Å². The number of esters is 1. The second-order valence-electron chi connectivity index (χ2n) is 6.55. The van der Waals surface area contributed by atoms with Gasteiger partial charge in [0.05, 0.1) is 23.1 Å². The van der Waals surface area contributed by atoms with Gasteiger partial charge in [-0.3, -0.25) is 9.59 Å². The molecule has 1 amide bonds. The molecule has 0 saturated heterocycles.